The number of aliphatic carboxylic acids is 4. The van der Waals surface area contributed by atoms with Crippen molar-refractivity contribution >= 4 is 57.6 Å². The van der Waals surface area contributed by atoms with Crippen LogP contribution >= 0.6 is 0 Å². The quantitative estimate of drug-likeness (QED) is 0.0629. The Morgan fingerprint density at radius 2 is 1.24 bits per heavy atom. The number of aromatic nitrogens is 2. The number of nitrogens with one attached hydrogen (secondary N) is 3. The molecule has 320 valence electrons. The molecule has 18 nitrogen and oxygen atoms in total. The van der Waals surface area contributed by atoms with E-state index in [1.165, 1.54) is 20.0 Å². The first-order valence-electron chi connectivity index (χ1n) is 18.1. The Bertz CT molecular complexity index is 1940. The fourth-order valence-electron chi connectivity index (χ4n) is 5.86. The second-order valence-electron chi connectivity index (χ2n) is 13.2. The van der Waals surface area contributed by atoms with Gasteiger partial charge >= 0.3 is 50.9 Å². The molecular formula is C39H52N6O12Pt. The molecule has 4 aromatic rings. The van der Waals surface area contributed by atoms with E-state index in [9.17, 15) is 24.3 Å². The molecule has 5 rings (SSSR count). The number of carbonyl (C=O) groups excluding carboxylic acids is 2. The molecule has 1 fully saturated rings. The maximum Gasteiger partial charge on any atom is 2.00 e. The number of esters is 1. The van der Waals surface area contributed by atoms with Gasteiger partial charge in [0.25, 0.3) is 0 Å². The number of aryl methyl sites for hydroxylation is 2. The standard InChI is InChI=1S/C24H26N4O3.C7H12O5.C6H12N2.C2H2O4.Pt/c1-27-13-15(17-7-3-5-9-21(17)27)11-19(25)23(29)26-20(24(30)31)12-16-14-28(2)22-10-6-4-8-18(16)22;1-11-4-5-12-7(10)3-2-6(8)9;7-5-3-1-2-4-6(5)8;3-1(4)2(5)6;/h3-10,13-14,19-20H,11-12,25H2,1-2H3,(H,26,29)(H,30,31);2-5H2,1H3,(H,8,9);5-8H,1-4H2;(H,3,4)(H,5,6);/q;;-2;;+2. The van der Waals surface area contributed by atoms with Crippen molar-refractivity contribution in [1.82, 2.24) is 14.5 Å². The number of nitrogens with two attached hydrogens (primary N) is 1. The number of benzene rings is 2. The van der Waals surface area contributed by atoms with Crippen molar-refractivity contribution in [2.24, 2.45) is 19.8 Å². The summed E-state index contributed by atoms with van der Waals surface area (Å²) < 4.78 is 13.2. The van der Waals surface area contributed by atoms with Crippen molar-refractivity contribution < 1.29 is 79.7 Å². The molecule has 4 atom stereocenters. The number of hydrogen-bond acceptors (Lipinski definition) is 9. The van der Waals surface area contributed by atoms with Crippen LogP contribution in [0.25, 0.3) is 33.3 Å². The van der Waals surface area contributed by atoms with Crippen LogP contribution in [0.1, 0.15) is 49.7 Å². The number of rotatable bonds is 13. The minimum Gasteiger partial charge on any atom is -0.676 e. The summed E-state index contributed by atoms with van der Waals surface area (Å²) >= 11 is 0. The number of carboxylic acids is 4. The molecule has 1 aliphatic rings. The van der Waals surface area contributed by atoms with Crippen LogP contribution in [-0.4, -0.2) is 110 Å². The summed E-state index contributed by atoms with van der Waals surface area (Å²) in [4.78, 5) is 63.5. The largest absolute Gasteiger partial charge is 2.00 e. The average Bonchev–Trinajstić information content (AvgIpc) is 3.66. The van der Waals surface area contributed by atoms with E-state index in [4.69, 9.17) is 42.1 Å². The zero-order valence-corrected chi connectivity index (χ0v) is 34.8. The maximum absolute atomic E-state index is 12.8. The van der Waals surface area contributed by atoms with Gasteiger partial charge in [-0.25, -0.2) is 14.4 Å². The van der Waals surface area contributed by atoms with E-state index >= 15 is 0 Å². The van der Waals surface area contributed by atoms with E-state index in [1.54, 1.807) is 0 Å². The fourth-order valence-corrected chi connectivity index (χ4v) is 5.86. The molecule has 1 saturated carbocycles. The van der Waals surface area contributed by atoms with Crippen LogP contribution in [0.15, 0.2) is 60.9 Å². The normalized spacial score (nSPS) is 15.3. The summed E-state index contributed by atoms with van der Waals surface area (Å²) in [7, 11) is 5.35. The summed E-state index contributed by atoms with van der Waals surface area (Å²) in [6.45, 7) is 0.508. The van der Waals surface area contributed by atoms with Crippen LogP contribution < -0.4 is 11.1 Å². The van der Waals surface area contributed by atoms with Crippen molar-refractivity contribution in [3.05, 3.63) is 83.5 Å². The number of methoxy groups -OCH3 is 1. The first-order chi connectivity index (χ1) is 27.0. The Balaban J connectivity index is 0.000000509. The van der Waals surface area contributed by atoms with Gasteiger partial charge in [0.15, 0.2) is 0 Å². The van der Waals surface area contributed by atoms with Gasteiger partial charge in [0.2, 0.25) is 5.91 Å². The second-order valence-corrected chi connectivity index (χ2v) is 13.2. The van der Waals surface area contributed by atoms with Crippen molar-refractivity contribution in [3.63, 3.8) is 0 Å². The molecule has 0 bridgehead atoms. The van der Waals surface area contributed by atoms with E-state index in [1.807, 2.05) is 84.2 Å². The Morgan fingerprint density at radius 3 is 1.66 bits per heavy atom. The van der Waals surface area contributed by atoms with E-state index in [-0.39, 0.29) is 59.0 Å². The minimum atomic E-state index is -1.82. The molecule has 9 N–H and O–H groups in total. The molecule has 58 heavy (non-hydrogen) atoms. The smallest absolute Gasteiger partial charge is 0.676 e. The summed E-state index contributed by atoms with van der Waals surface area (Å²) in [5.41, 5.74) is 24.7. The number of para-hydroxylation sites is 2. The van der Waals surface area contributed by atoms with Crippen LogP contribution in [0, 0.1) is 0 Å². The van der Waals surface area contributed by atoms with Crippen molar-refractivity contribution in [2.45, 2.75) is 75.5 Å². The van der Waals surface area contributed by atoms with E-state index < -0.39 is 47.8 Å². The Morgan fingerprint density at radius 1 is 0.776 bits per heavy atom. The summed E-state index contributed by atoms with van der Waals surface area (Å²) in [5, 5.41) is 37.3. The van der Waals surface area contributed by atoms with Gasteiger partial charge in [-0.05, 0) is 29.7 Å². The number of ether oxygens (including phenoxy) is 2. The van der Waals surface area contributed by atoms with E-state index in [0.717, 1.165) is 45.8 Å². The van der Waals surface area contributed by atoms with Crippen LogP contribution in [0.2, 0.25) is 0 Å². The van der Waals surface area contributed by atoms with Crippen molar-refractivity contribution in [1.29, 1.82) is 0 Å². The second kappa shape index (κ2) is 26.0. The molecular weight excluding hydrogens is 940 g/mol. The van der Waals surface area contributed by atoms with Crippen LogP contribution in [0.5, 0.6) is 0 Å². The predicted octanol–water partition coefficient (Wildman–Crippen LogP) is 3.95. The monoisotopic (exact) mass is 991 g/mol. The Hall–Kier alpha value is -5.13. The molecule has 1 aliphatic carbocycles. The van der Waals surface area contributed by atoms with Crippen LogP contribution in [0.4, 0.5) is 0 Å². The van der Waals surface area contributed by atoms with Crippen molar-refractivity contribution in [2.75, 3.05) is 20.3 Å². The molecule has 0 aliphatic heterocycles. The topological polar surface area (TPSA) is 297 Å². The van der Waals surface area contributed by atoms with E-state index in [2.05, 4.69) is 14.8 Å². The summed E-state index contributed by atoms with van der Waals surface area (Å²) in [6.07, 6.45) is 8.35. The average molecular weight is 992 g/mol. The van der Waals surface area contributed by atoms with Gasteiger partial charge in [-0.2, -0.15) is 12.1 Å². The first kappa shape index (κ1) is 50.9. The molecule has 19 heteroatoms. The number of amides is 1. The Labute approximate surface area is 349 Å². The first-order valence-corrected chi connectivity index (χ1v) is 18.1. The molecule has 0 spiro atoms. The Kier molecular flexibility index (Phi) is 22.8. The molecule has 2 heterocycles. The number of fused-ring (bicyclic) bond motifs is 2. The number of carbonyl (C=O) groups is 6. The predicted molar refractivity (Wildman–Crippen MR) is 210 cm³/mol. The summed E-state index contributed by atoms with van der Waals surface area (Å²) in [6, 6.07) is 13.6. The number of carboxylic acid groups (broad SMARTS) is 4. The molecule has 0 radical (unpaired) electrons. The molecule has 0 saturated heterocycles. The zero-order chi connectivity index (χ0) is 42.7. The third-order valence-corrected chi connectivity index (χ3v) is 8.82. The molecule has 2 aromatic carbocycles. The zero-order valence-electron chi connectivity index (χ0n) is 32.5. The number of nitrogens with zero attached hydrogens (tertiary/aromatic N) is 2. The maximum atomic E-state index is 12.8. The summed E-state index contributed by atoms with van der Waals surface area (Å²) in [5.74, 6) is -6.71. The molecule has 1 amide bonds. The number of hydrogen-bond donors (Lipinski definition) is 6. The van der Waals surface area contributed by atoms with Gasteiger partial charge < -0.3 is 61.6 Å². The van der Waals surface area contributed by atoms with Gasteiger partial charge in [0.1, 0.15) is 12.6 Å². The van der Waals surface area contributed by atoms with Crippen LogP contribution in [-0.2, 0) is 86.2 Å². The fraction of sp³-hybridized carbons (Fsp3) is 0.436. The minimum absolute atomic E-state index is 0. The van der Waals surface area contributed by atoms with Crippen molar-refractivity contribution in [3.8, 4) is 0 Å². The van der Waals surface area contributed by atoms with Crippen LogP contribution in [0.3, 0.4) is 0 Å². The van der Waals surface area contributed by atoms with Gasteiger partial charge in [-0.15, -0.1) is 0 Å². The third kappa shape index (κ3) is 17.2. The van der Waals surface area contributed by atoms with Gasteiger partial charge in [-0.3, -0.25) is 14.4 Å². The molecule has 2 aromatic heterocycles. The SMILES string of the molecule is COCCOC(=O)CCC(=O)O.Cn1cc(CC(N)C(=O)NC(Cc2cn(C)c3ccccc23)C(=O)O)c2ccccc21.O=C(O)C(=O)O.[NH-]C1CCCCC1[NH-].[Pt+2]. The van der Waals surface area contributed by atoms with E-state index in [0.29, 0.717) is 13.0 Å². The van der Waals surface area contributed by atoms with Gasteiger partial charge in [-0.1, -0.05) is 62.1 Å². The third-order valence-electron chi connectivity index (χ3n) is 8.82. The molecule has 4 unspecified atom stereocenters. The van der Waals surface area contributed by atoms with Gasteiger partial charge in [0.05, 0.1) is 25.5 Å². The van der Waals surface area contributed by atoms with Gasteiger partial charge in [0, 0.05) is 61.8 Å².